The van der Waals surface area contributed by atoms with Crippen LogP contribution in [-0.4, -0.2) is 35.6 Å². The Morgan fingerprint density at radius 1 is 1.11 bits per heavy atom. The van der Waals surface area contributed by atoms with Crippen LogP contribution in [0.3, 0.4) is 0 Å². The number of amides is 2. The molecule has 1 atom stereocenters. The van der Waals surface area contributed by atoms with E-state index < -0.39 is 22.8 Å². The van der Waals surface area contributed by atoms with E-state index in [0.717, 1.165) is 5.56 Å². The van der Waals surface area contributed by atoms with Crippen molar-refractivity contribution >= 4 is 23.7 Å². The van der Waals surface area contributed by atoms with Crippen LogP contribution in [0.25, 0.3) is 11.3 Å². The van der Waals surface area contributed by atoms with Crippen molar-refractivity contribution in [1.29, 1.82) is 0 Å². The van der Waals surface area contributed by atoms with E-state index in [9.17, 15) is 19.7 Å². The van der Waals surface area contributed by atoms with E-state index in [0.29, 0.717) is 28.4 Å². The molecule has 0 aliphatic carbocycles. The topological polar surface area (TPSA) is 136 Å². The molecule has 2 amide bonds. The van der Waals surface area contributed by atoms with Gasteiger partial charge in [-0.1, -0.05) is 44.2 Å². The molecule has 0 aliphatic heterocycles. The Morgan fingerprint density at radius 3 is 2.56 bits per heavy atom. The molecular formula is C26H28N4O6. The highest BCUT2D eigenvalue weighted by molar-refractivity contribution is 5.89. The van der Waals surface area contributed by atoms with E-state index >= 15 is 0 Å². The number of nitrogens with zero attached hydrogens (tertiary/aromatic N) is 2. The Labute approximate surface area is 208 Å². The summed E-state index contributed by atoms with van der Waals surface area (Å²) >= 11 is 0. The molecule has 0 unspecified atom stereocenters. The summed E-state index contributed by atoms with van der Waals surface area (Å²) in [6.45, 7) is 6.91. The first-order chi connectivity index (χ1) is 17.2. The number of aryl methyl sites for hydroxylation is 1. The van der Waals surface area contributed by atoms with Gasteiger partial charge in [0.1, 0.15) is 23.3 Å². The largest absolute Gasteiger partial charge is 0.484 e. The summed E-state index contributed by atoms with van der Waals surface area (Å²) in [6.07, 6.45) is 1.31. The molecular weight excluding hydrogens is 464 g/mol. The Morgan fingerprint density at radius 2 is 1.86 bits per heavy atom. The fraction of sp³-hybridized carbons (Fsp3) is 0.269. The lowest BCUT2D eigenvalue weighted by Crippen LogP contribution is -2.49. The molecule has 1 heterocycles. The molecule has 0 spiro atoms. The average molecular weight is 493 g/mol. The summed E-state index contributed by atoms with van der Waals surface area (Å²) in [4.78, 5) is 35.7. The number of carbonyl (C=O) groups is 2. The molecule has 0 bridgehead atoms. The molecule has 2 aromatic carbocycles. The van der Waals surface area contributed by atoms with Crippen molar-refractivity contribution in [3.8, 4) is 17.1 Å². The first-order valence-electron chi connectivity index (χ1n) is 11.3. The SMILES string of the molecule is Cc1ccccc1OCC(=O)N[C@H](C(=O)N/N=C\c1ccc(-c2cccc([N+](=O)[O-])c2C)o1)C(C)C. The minimum atomic E-state index is -0.824. The van der Waals surface area contributed by atoms with Crippen LogP contribution in [0.5, 0.6) is 5.75 Å². The number of hydrogen-bond donors (Lipinski definition) is 2. The third-order valence-corrected chi connectivity index (χ3v) is 5.48. The molecule has 2 N–H and O–H groups in total. The lowest BCUT2D eigenvalue weighted by Gasteiger charge is -2.20. The van der Waals surface area contributed by atoms with Gasteiger partial charge in [-0.3, -0.25) is 19.7 Å². The first-order valence-corrected chi connectivity index (χ1v) is 11.3. The summed E-state index contributed by atoms with van der Waals surface area (Å²) < 4.78 is 11.3. The third kappa shape index (κ3) is 6.56. The van der Waals surface area contributed by atoms with Gasteiger partial charge in [-0.05, 0) is 43.5 Å². The molecule has 0 saturated heterocycles. The molecule has 1 aromatic heterocycles. The van der Waals surface area contributed by atoms with E-state index in [1.807, 2.05) is 25.1 Å². The molecule has 0 radical (unpaired) electrons. The van der Waals surface area contributed by atoms with Crippen LogP contribution in [0.4, 0.5) is 5.69 Å². The molecule has 188 valence electrons. The van der Waals surface area contributed by atoms with Crippen molar-refractivity contribution in [3.05, 3.63) is 81.6 Å². The van der Waals surface area contributed by atoms with Crippen LogP contribution in [0.15, 0.2) is 64.1 Å². The zero-order valence-corrected chi connectivity index (χ0v) is 20.5. The van der Waals surface area contributed by atoms with Crippen LogP contribution in [0, 0.1) is 29.9 Å². The molecule has 0 saturated carbocycles. The highest BCUT2D eigenvalue weighted by Gasteiger charge is 2.24. The zero-order valence-electron chi connectivity index (χ0n) is 20.5. The van der Waals surface area contributed by atoms with Crippen molar-refractivity contribution in [2.75, 3.05) is 6.61 Å². The number of hydrogen-bond acceptors (Lipinski definition) is 7. The lowest BCUT2D eigenvalue weighted by molar-refractivity contribution is -0.385. The maximum atomic E-state index is 12.6. The van der Waals surface area contributed by atoms with E-state index in [4.69, 9.17) is 9.15 Å². The van der Waals surface area contributed by atoms with Crippen LogP contribution in [0.2, 0.25) is 0 Å². The second-order valence-electron chi connectivity index (χ2n) is 8.49. The number of nitrogens with one attached hydrogen (secondary N) is 2. The van der Waals surface area contributed by atoms with Gasteiger partial charge in [0.25, 0.3) is 17.5 Å². The normalized spacial score (nSPS) is 11.9. The van der Waals surface area contributed by atoms with E-state index in [-0.39, 0.29) is 18.2 Å². The number of nitro groups is 1. The highest BCUT2D eigenvalue weighted by Crippen LogP contribution is 2.30. The van der Waals surface area contributed by atoms with E-state index in [1.165, 1.54) is 12.3 Å². The Hall–Kier alpha value is -4.47. The maximum Gasteiger partial charge on any atom is 0.273 e. The van der Waals surface area contributed by atoms with Crippen LogP contribution in [-0.2, 0) is 9.59 Å². The smallest absolute Gasteiger partial charge is 0.273 e. The highest BCUT2D eigenvalue weighted by atomic mass is 16.6. The van der Waals surface area contributed by atoms with E-state index in [2.05, 4.69) is 15.8 Å². The van der Waals surface area contributed by atoms with Gasteiger partial charge >= 0.3 is 0 Å². The lowest BCUT2D eigenvalue weighted by atomic mass is 10.0. The minimum absolute atomic E-state index is 0.00235. The molecule has 36 heavy (non-hydrogen) atoms. The molecule has 3 aromatic rings. The van der Waals surface area contributed by atoms with Crippen molar-refractivity contribution in [2.24, 2.45) is 11.0 Å². The standard InChI is InChI=1S/C26H28N4O6/c1-16(2)25(28-24(31)15-35-22-11-6-5-8-17(22)3)26(32)29-27-14-19-12-13-23(36-19)20-9-7-10-21(18(20)4)30(33)34/h5-14,16,25H,15H2,1-4H3,(H,28,31)(H,29,32)/b27-14-/t25-/m0/s1. The maximum absolute atomic E-state index is 12.6. The number of carbonyl (C=O) groups excluding carboxylic acids is 2. The number of rotatable bonds is 10. The number of para-hydroxylation sites is 1. The summed E-state index contributed by atoms with van der Waals surface area (Å²) in [5.74, 6) is 0.249. The number of ether oxygens (including phenoxy) is 1. The summed E-state index contributed by atoms with van der Waals surface area (Å²) in [6, 6.07) is 14.6. The van der Waals surface area contributed by atoms with Crippen molar-refractivity contribution in [1.82, 2.24) is 10.7 Å². The second-order valence-corrected chi connectivity index (χ2v) is 8.49. The predicted molar refractivity (Wildman–Crippen MR) is 135 cm³/mol. The summed E-state index contributed by atoms with van der Waals surface area (Å²) in [5.41, 5.74) is 4.38. The Bertz CT molecular complexity index is 1280. The number of nitro benzene ring substituents is 1. The van der Waals surface area contributed by atoms with Crippen LogP contribution < -0.4 is 15.5 Å². The number of benzene rings is 2. The van der Waals surface area contributed by atoms with Crippen LogP contribution >= 0.6 is 0 Å². The van der Waals surface area contributed by atoms with Gasteiger partial charge in [0.2, 0.25) is 0 Å². The quantitative estimate of drug-likeness (QED) is 0.248. The Kier molecular flexibility index (Phi) is 8.56. The summed E-state index contributed by atoms with van der Waals surface area (Å²) in [5, 5.41) is 17.8. The molecule has 3 rings (SSSR count). The van der Waals surface area contributed by atoms with Crippen molar-refractivity contribution in [2.45, 2.75) is 33.7 Å². The van der Waals surface area contributed by atoms with Crippen molar-refractivity contribution in [3.63, 3.8) is 0 Å². The van der Waals surface area contributed by atoms with Crippen LogP contribution in [0.1, 0.15) is 30.7 Å². The van der Waals surface area contributed by atoms with Gasteiger partial charge in [0.15, 0.2) is 6.61 Å². The van der Waals surface area contributed by atoms with Gasteiger partial charge in [0.05, 0.1) is 11.1 Å². The third-order valence-electron chi connectivity index (χ3n) is 5.48. The van der Waals surface area contributed by atoms with Gasteiger partial charge in [-0.15, -0.1) is 0 Å². The molecule has 0 fully saturated rings. The molecule has 10 heteroatoms. The number of hydrazone groups is 1. The molecule has 10 nitrogen and oxygen atoms in total. The fourth-order valence-electron chi connectivity index (χ4n) is 3.50. The number of furan rings is 1. The fourth-order valence-corrected chi connectivity index (χ4v) is 3.50. The average Bonchev–Trinajstić information content (AvgIpc) is 3.30. The first kappa shape index (κ1) is 26.1. The van der Waals surface area contributed by atoms with Crippen molar-refractivity contribution < 1.29 is 23.7 Å². The minimum Gasteiger partial charge on any atom is -0.484 e. The molecule has 0 aliphatic rings. The van der Waals surface area contributed by atoms with Gasteiger partial charge in [-0.2, -0.15) is 5.10 Å². The summed E-state index contributed by atoms with van der Waals surface area (Å²) in [7, 11) is 0. The van der Waals surface area contributed by atoms with Gasteiger partial charge in [0, 0.05) is 17.2 Å². The predicted octanol–water partition coefficient (Wildman–Crippen LogP) is 4.14. The Balaban J connectivity index is 1.59. The van der Waals surface area contributed by atoms with Gasteiger partial charge in [-0.25, -0.2) is 5.43 Å². The van der Waals surface area contributed by atoms with E-state index in [1.54, 1.807) is 51.1 Å². The van der Waals surface area contributed by atoms with Gasteiger partial charge < -0.3 is 14.5 Å². The second kappa shape index (κ2) is 11.8. The zero-order chi connectivity index (χ0) is 26.2. The monoisotopic (exact) mass is 492 g/mol.